The molecule has 1 fully saturated rings. The van der Waals surface area contributed by atoms with Crippen molar-refractivity contribution in [2.24, 2.45) is 18.9 Å². The molecule has 2 amide bonds. The maximum absolute atomic E-state index is 12.6. The number of rotatable bonds is 10. The van der Waals surface area contributed by atoms with Crippen LogP contribution in [-0.2, 0) is 23.0 Å². The Hall–Kier alpha value is -1.85. The summed E-state index contributed by atoms with van der Waals surface area (Å²) in [6.07, 6.45) is 11.5. The van der Waals surface area contributed by atoms with Crippen LogP contribution in [0.4, 0.5) is 4.79 Å². The van der Waals surface area contributed by atoms with Gasteiger partial charge in [0, 0.05) is 31.4 Å². The average molecular weight is 364 g/mol. The molecule has 1 aromatic heterocycles. The largest absolute Gasteiger partial charge is 0.449 e. The minimum absolute atomic E-state index is 0.0902. The van der Waals surface area contributed by atoms with E-state index in [-0.39, 0.29) is 17.7 Å². The normalized spacial score (nSPS) is 20.0. The maximum atomic E-state index is 12.6. The lowest BCUT2D eigenvalue weighted by Gasteiger charge is -2.15. The molecule has 0 bridgehead atoms. The Kier molecular flexibility index (Phi) is 8.13. The van der Waals surface area contributed by atoms with Gasteiger partial charge in [-0.2, -0.15) is 0 Å². The quantitative estimate of drug-likeness (QED) is 0.591. The van der Waals surface area contributed by atoms with E-state index in [4.69, 9.17) is 4.74 Å². The molecule has 2 atom stereocenters. The van der Waals surface area contributed by atoms with E-state index in [9.17, 15) is 9.59 Å². The van der Waals surface area contributed by atoms with E-state index < -0.39 is 6.09 Å². The summed E-state index contributed by atoms with van der Waals surface area (Å²) in [5, 5.41) is 0. The zero-order chi connectivity index (χ0) is 18.9. The molecule has 0 N–H and O–H groups in total. The molecule has 0 spiro atoms. The topological polar surface area (TPSA) is 64.4 Å². The zero-order valence-electron chi connectivity index (χ0n) is 16.4. The molecule has 0 radical (unpaired) electrons. The SMILES string of the molecule is CCCCCCCCOC(=O)N1C[C@H](Cc2cncn2C)[C@@H](CC)C1=O. The van der Waals surface area contributed by atoms with Crippen LogP contribution in [0.5, 0.6) is 0 Å². The number of carbonyl (C=O) groups excluding carboxylic acids is 2. The summed E-state index contributed by atoms with van der Waals surface area (Å²) in [7, 11) is 1.95. The third kappa shape index (κ3) is 5.32. The summed E-state index contributed by atoms with van der Waals surface area (Å²) in [5.41, 5.74) is 1.09. The third-order valence-electron chi connectivity index (χ3n) is 5.34. The van der Waals surface area contributed by atoms with Crippen LogP contribution in [0, 0.1) is 11.8 Å². The first-order chi connectivity index (χ1) is 12.6. The van der Waals surface area contributed by atoms with Crippen molar-refractivity contribution in [1.29, 1.82) is 0 Å². The molecule has 146 valence electrons. The van der Waals surface area contributed by atoms with Crippen molar-refractivity contribution in [2.45, 2.75) is 65.2 Å². The summed E-state index contributed by atoms with van der Waals surface area (Å²) in [6, 6.07) is 0. The molecule has 6 nitrogen and oxygen atoms in total. The fourth-order valence-corrected chi connectivity index (χ4v) is 3.70. The van der Waals surface area contributed by atoms with E-state index in [1.54, 1.807) is 6.33 Å². The van der Waals surface area contributed by atoms with Gasteiger partial charge in [-0.05, 0) is 25.2 Å². The summed E-state index contributed by atoms with van der Waals surface area (Å²) in [4.78, 5) is 30.4. The van der Waals surface area contributed by atoms with Crippen LogP contribution in [0.1, 0.15) is 64.5 Å². The summed E-state index contributed by atoms with van der Waals surface area (Å²) in [6.45, 7) is 5.04. The summed E-state index contributed by atoms with van der Waals surface area (Å²) in [5.74, 6) is -0.0800. The predicted molar refractivity (Wildman–Crippen MR) is 101 cm³/mol. The Balaban J connectivity index is 1.80. The Labute approximate surface area is 156 Å². The second-order valence-electron chi connectivity index (χ2n) is 7.31. The number of aryl methyl sites for hydroxylation is 1. The number of likely N-dealkylation sites (tertiary alicyclic amines) is 1. The Morgan fingerprint density at radius 1 is 1.23 bits per heavy atom. The van der Waals surface area contributed by atoms with Crippen LogP contribution in [0.3, 0.4) is 0 Å². The van der Waals surface area contributed by atoms with Crippen molar-refractivity contribution in [1.82, 2.24) is 14.5 Å². The van der Waals surface area contributed by atoms with Crippen molar-refractivity contribution in [3.63, 3.8) is 0 Å². The van der Waals surface area contributed by atoms with Gasteiger partial charge in [0.15, 0.2) is 0 Å². The summed E-state index contributed by atoms with van der Waals surface area (Å²) >= 11 is 0. The molecule has 26 heavy (non-hydrogen) atoms. The second kappa shape index (κ2) is 10.3. The second-order valence-corrected chi connectivity index (χ2v) is 7.31. The van der Waals surface area contributed by atoms with Crippen LogP contribution >= 0.6 is 0 Å². The number of imide groups is 1. The van der Waals surface area contributed by atoms with Crippen LogP contribution in [0.2, 0.25) is 0 Å². The Morgan fingerprint density at radius 2 is 1.96 bits per heavy atom. The smallest absolute Gasteiger partial charge is 0.416 e. The van der Waals surface area contributed by atoms with Gasteiger partial charge in [-0.15, -0.1) is 0 Å². The molecule has 1 aliphatic heterocycles. The van der Waals surface area contributed by atoms with E-state index in [2.05, 4.69) is 11.9 Å². The highest BCUT2D eigenvalue weighted by atomic mass is 16.6. The van der Waals surface area contributed by atoms with Crippen molar-refractivity contribution in [3.8, 4) is 0 Å². The fourth-order valence-electron chi connectivity index (χ4n) is 3.70. The number of carbonyl (C=O) groups is 2. The molecule has 2 heterocycles. The first-order valence-electron chi connectivity index (χ1n) is 10.0. The number of imidazole rings is 1. The Morgan fingerprint density at radius 3 is 2.62 bits per heavy atom. The highest BCUT2D eigenvalue weighted by Crippen LogP contribution is 2.30. The molecule has 0 aliphatic carbocycles. The molecule has 0 unspecified atom stereocenters. The molecule has 1 aliphatic rings. The number of unbranched alkanes of at least 4 members (excludes halogenated alkanes) is 5. The predicted octanol–water partition coefficient (Wildman–Crippen LogP) is 3.94. The summed E-state index contributed by atoms with van der Waals surface area (Å²) < 4.78 is 7.32. The molecule has 1 aromatic rings. The number of ether oxygens (including phenoxy) is 1. The highest BCUT2D eigenvalue weighted by Gasteiger charge is 2.42. The van der Waals surface area contributed by atoms with E-state index in [0.29, 0.717) is 13.2 Å². The van der Waals surface area contributed by atoms with E-state index in [1.165, 1.54) is 30.6 Å². The highest BCUT2D eigenvalue weighted by molar-refractivity contribution is 5.95. The average Bonchev–Trinajstić information content (AvgIpc) is 3.17. The van der Waals surface area contributed by atoms with Crippen molar-refractivity contribution < 1.29 is 14.3 Å². The number of hydrogen-bond donors (Lipinski definition) is 0. The van der Waals surface area contributed by atoms with Gasteiger partial charge in [-0.3, -0.25) is 4.79 Å². The lowest BCUT2D eigenvalue weighted by Crippen LogP contribution is -2.34. The van der Waals surface area contributed by atoms with Gasteiger partial charge >= 0.3 is 6.09 Å². The van der Waals surface area contributed by atoms with Crippen LogP contribution in [-0.4, -0.2) is 39.6 Å². The number of nitrogens with zero attached hydrogens (tertiary/aromatic N) is 3. The number of aromatic nitrogens is 2. The number of hydrogen-bond acceptors (Lipinski definition) is 4. The standard InChI is InChI=1S/C20H33N3O3/c1-4-6-7-8-9-10-11-26-20(25)23-14-16(18(5-2)19(23)24)12-17-13-21-15-22(17)3/h13,15-16,18H,4-12,14H2,1-3H3/t16-,18+/m0/s1. The van der Waals surface area contributed by atoms with Crippen LogP contribution in [0.15, 0.2) is 12.5 Å². The van der Waals surface area contributed by atoms with E-state index in [1.807, 2.05) is 24.7 Å². The molecule has 2 rings (SSSR count). The first kappa shape index (κ1) is 20.5. The van der Waals surface area contributed by atoms with Crippen LogP contribution < -0.4 is 0 Å². The van der Waals surface area contributed by atoms with E-state index in [0.717, 1.165) is 31.4 Å². The zero-order valence-corrected chi connectivity index (χ0v) is 16.4. The fraction of sp³-hybridized carbons (Fsp3) is 0.750. The van der Waals surface area contributed by atoms with E-state index >= 15 is 0 Å². The maximum Gasteiger partial charge on any atom is 0.416 e. The van der Waals surface area contributed by atoms with Crippen molar-refractivity contribution in [3.05, 3.63) is 18.2 Å². The lowest BCUT2D eigenvalue weighted by molar-refractivity contribution is -0.129. The van der Waals surface area contributed by atoms with Gasteiger partial charge < -0.3 is 9.30 Å². The van der Waals surface area contributed by atoms with Crippen LogP contribution in [0.25, 0.3) is 0 Å². The Bertz CT molecular complexity index is 585. The minimum atomic E-state index is -0.477. The lowest BCUT2D eigenvalue weighted by atomic mass is 9.89. The molecule has 0 aromatic carbocycles. The molecule has 6 heteroatoms. The van der Waals surface area contributed by atoms with Gasteiger partial charge in [0.05, 0.1) is 12.9 Å². The number of amides is 2. The van der Waals surface area contributed by atoms with Gasteiger partial charge in [-0.25, -0.2) is 14.7 Å². The molecule has 1 saturated heterocycles. The van der Waals surface area contributed by atoms with Crippen molar-refractivity contribution in [2.75, 3.05) is 13.2 Å². The third-order valence-corrected chi connectivity index (χ3v) is 5.34. The van der Waals surface area contributed by atoms with Gasteiger partial charge in [0.2, 0.25) is 5.91 Å². The van der Waals surface area contributed by atoms with Gasteiger partial charge in [-0.1, -0.05) is 46.0 Å². The molecule has 0 saturated carbocycles. The molecular weight excluding hydrogens is 330 g/mol. The van der Waals surface area contributed by atoms with Gasteiger partial charge in [0.1, 0.15) is 0 Å². The molecular formula is C20H33N3O3. The van der Waals surface area contributed by atoms with Gasteiger partial charge in [0.25, 0.3) is 0 Å². The van der Waals surface area contributed by atoms with Crippen molar-refractivity contribution >= 4 is 12.0 Å². The monoisotopic (exact) mass is 363 g/mol. The minimum Gasteiger partial charge on any atom is -0.449 e. The first-order valence-corrected chi connectivity index (χ1v) is 10.0.